The van der Waals surface area contributed by atoms with Gasteiger partial charge in [0.15, 0.2) is 0 Å². The summed E-state index contributed by atoms with van der Waals surface area (Å²) in [5.74, 6) is -0.490. The van der Waals surface area contributed by atoms with Gasteiger partial charge in [0.25, 0.3) is 0 Å². The van der Waals surface area contributed by atoms with Crippen LogP contribution in [-0.2, 0) is 14.3 Å². The molecular weight excluding hydrogens is 695 g/mol. The number of carbonyl (C=O) groups is 2. The molecule has 3 atom stereocenters. The summed E-state index contributed by atoms with van der Waals surface area (Å²) in [5.41, 5.74) is 0. The summed E-state index contributed by atoms with van der Waals surface area (Å²) in [6.45, 7) is 6.47. The number of amides is 1. The Morgan fingerprint density at radius 1 is 0.500 bits per heavy atom. The van der Waals surface area contributed by atoms with E-state index in [1.54, 1.807) is 0 Å². The van der Waals surface area contributed by atoms with E-state index < -0.39 is 18.2 Å². The first-order valence-electron chi connectivity index (χ1n) is 24.9. The minimum atomic E-state index is -0.787. The van der Waals surface area contributed by atoms with Gasteiger partial charge in [-0.1, -0.05) is 226 Å². The Morgan fingerprint density at radius 2 is 0.875 bits per heavy atom. The molecule has 0 bridgehead atoms. The molecule has 6 nitrogen and oxygen atoms in total. The summed E-state index contributed by atoms with van der Waals surface area (Å²) in [7, 11) is 0. The van der Waals surface area contributed by atoms with Gasteiger partial charge in [0, 0.05) is 6.42 Å². The first-order chi connectivity index (χ1) is 27.5. The number of aliphatic hydroxyl groups is 2. The van der Waals surface area contributed by atoms with Crippen molar-refractivity contribution in [2.45, 2.75) is 289 Å². The number of carbonyl (C=O) groups excluding carboxylic acids is 2. The summed E-state index contributed by atoms with van der Waals surface area (Å²) in [6.07, 6.45) is 48.4. The first kappa shape index (κ1) is 54.6. The lowest BCUT2D eigenvalue weighted by atomic mass is 10.0. The van der Waals surface area contributed by atoms with Gasteiger partial charge in [-0.2, -0.15) is 0 Å². The lowest BCUT2D eigenvalue weighted by Crippen LogP contribution is -2.46. The average molecular weight is 792 g/mol. The van der Waals surface area contributed by atoms with Gasteiger partial charge in [-0.15, -0.1) is 0 Å². The molecule has 0 radical (unpaired) electrons. The number of hydrogen-bond acceptors (Lipinski definition) is 5. The first-order valence-corrected chi connectivity index (χ1v) is 24.9. The third-order valence-corrected chi connectivity index (χ3v) is 11.6. The highest BCUT2D eigenvalue weighted by molar-refractivity contribution is 5.77. The zero-order valence-corrected chi connectivity index (χ0v) is 37.8. The Hall–Kier alpha value is -1.40. The number of hydrogen-bond donors (Lipinski definition) is 3. The molecular formula is C50H97NO5. The molecule has 56 heavy (non-hydrogen) atoms. The summed E-state index contributed by atoms with van der Waals surface area (Å²) in [5, 5.41) is 23.7. The van der Waals surface area contributed by atoms with E-state index in [0.717, 1.165) is 51.4 Å². The van der Waals surface area contributed by atoms with Crippen LogP contribution in [0.1, 0.15) is 271 Å². The van der Waals surface area contributed by atoms with E-state index in [4.69, 9.17) is 4.74 Å². The largest absolute Gasteiger partial charge is 0.462 e. The summed E-state index contributed by atoms with van der Waals surface area (Å²) in [6, 6.07) is -0.702. The molecule has 0 aromatic carbocycles. The predicted octanol–water partition coefficient (Wildman–Crippen LogP) is 14.6. The van der Waals surface area contributed by atoms with Crippen LogP contribution in [0, 0.1) is 0 Å². The third kappa shape index (κ3) is 39.4. The van der Waals surface area contributed by atoms with Gasteiger partial charge >= 0.3 is 5.97 Å². The van der Waals surface area contributed by atoms with Crippen LogP contribution in [0.5, 0.6) is 0 Å². The Kier molecular flexibility index (Phi) is 43.6. The topological polar surface area (TPSA) is 95.9 Å². The van der Waals surface area contributed by atoms with Crippen LogP contribution in [-0.4, -0.2) is 46.9 Å². The zero-order chi connectivity index (χ0) is 41.0. The molecule has 3 N–H and O–H groups in total. The zero-order valence-electron chi connectivity index (χ0n) is 37.8. The van der Waals surface area contributed by atoms with E-state index in [-0.39, 0.29) is 24.9 Å². The van der Waals surface area contributed by atoms with Gasteiger partial charge in [-0.05, 0) is 44.9 Å². The monoisotopic (exact) mass is 792 g/mol. The second kappa shape index (κ2) is 44.7. The lowest BCUT2D eigenvalue weighted by molar-refractivity contribution is -0.151. The normalized spacial score (nSPS) is 13.3. The number of nitrogens with one attached hydrogen (secondary N) is 1. The summed E-state index contributed by atoms with van der Waals surface area (Å²) < 4.78 is 5.90. The highest BCUT2D eigenvalue weighted by atomic mass is 16.5. The number of unbranched alkanes of at least 4 members (excludes halogenated alkanes) is 31. The SMILES string of the molecule is CCCCCCCC/C=C\CCCC(CC(=O)NC(CO)C(O)CCCCCCCCCCCCCCCC)OC(=O)CCCCCCCCCCCCCC. The molecule has 0 aromatic rings. The molecule has 0 aromatic heterocycles. The van der Waals surface area contributed by atoms with Crippen LogP contribution < -0.4 is 5.32 Å². The quantitative estimate of drug-likeness (QED) is 0.0324. The van der Waals surface area contributed by atoms with Crippen molar-refractivity contribution >= 4 is 11.9 Å². The van der Waals surface area contributed by atoms with Crippen LogP contribution in [0.4, 0.5) is 0 Å². The van der Waals surface area contributed by atoms with Crippen molar-refractivity contribution < 1.29 is 24.5 Å². The second-order valence-electron chi connectivity index (χ2n) is 17.2. The molecule has 0 rings (SSSR count). The smallest absolute Gasteiger partial charge is 0.306 e. The second-order valence-corrected chi connectivity index (χ2v) is 17.2. The molecule has 0 fully saturated rings. The van der Waals surface area contributed by atoms with Crippen LogP contribution in [0.25, 0.3) is 0 Å². The molecule has 0 saturated carbocycles. The maximum Gasteiger partial charge on any atom is 0.306 e. The number of ether oxygens (including phenoxy) is 1. The van der Waals surface area contributed by atoms with Gasteiger partial charge in [0.05, 0.1) is 25.2 Å². The molecule has 3 unspecified atom stereocenters. The molecule has 0 saturated heterocycles. The van der Waals surface area contributed by atoms with Gasteiger partial charge < -0.3 is 20.3 Å². The van der Waals surface area contributed by atoms with E-state index >= 15 is 0 Å². The fourth-order valence-electron chi connectivity index (χ4n) is 7.78. The minimum Gasteiger partial charge on any atom is -0.462 e. The van der Waals surface area contributed by atoms with E-state index in [9.17, 15) is 19.8 Å². The maximum atomic E-state index is 13.1. The molecule has 0 aliphatic heterocycles. The molecule has 0 heterocycles. The van der Waals surface area contributed by atoms with E-state index in [0.29, 0.717) is 19.3 Å². The van der Waals surface area contributed by atoms with Crippen LogP contribution in [0.3, 0.4) is 0 Å². The number of aliphatic hydroxyl groups excluding tert-OH is 2. The Bertz CT molecular complexity index is 847. The highest BCUT2D eigenvalue weighted by Crippen LogP contribution is 2.18. The van der Waals surface area contributed by atoms with Crippen LogP contribution in [0.2, 0.25) is 0 Å². The van der Waals surface area contributed by atoms with Crippen molar-refractivity contribution in [3.05, 3.63) is 12.2 Å². The van der Waals surface area contributed by atoms with Gasteiger partial charge in [0.2, 0.25) is 5.91 Å². The van der Waals surface area contributed by atoms with Gasteiger partial charge in [-0.25, -0.2) is 0 Å². The lowest BCUT2D eigenvalue weighted by Gasteiger charge is -2.24. The van der Waals surface area contributed by atoms with Crippen molar-refractivity contribution in [2.24, 2.45) is 0 Å². The number of rotatable bonds is 45. The molecule has 0 aliphatic rings. The molecule has 332 valence electrons. The Labute approximate surface area is 349 Å². The molecule has 1 amide bonds. The van der Waals surface area contributed by atoms with Crippen molar-refractivity contribution in [1.82, 2.24) is 5.32 Å². The van der Waals surface area contributed by atoms with E-state index in [2.05, 4.69) is 38.2 Å². The average Bonchev–Trinajstić information content (AvgIpc) is 3.19. The van der Waals surface area contributed by atoms with Crippen molar-refractivity contribution in [3.63, 3.8) is 0 Å². The summed E-state index contributed by atoms with van der Waals surface area (Å²) >= 11 is 0. The van der Waals surface area contributed by atoms with Crippen LogP contribution >= 0.6 is 0 Å². The Morgan fingerprint density at radius 3 is 1.30 bits per heavy atom. The number of allylic oxidation sites excluding steroid dienone is 2. The predicted molar refractivity (Wildman–Crippen MR) is 241 cm³/mol. The maximum absolute atomic E-state index is 13.1. The van der Waals surface area contributed by atoms with Crippen LogP contribution in [0.15, 0.2) is 12.2 Å². The van der Waals surface area contributed by atoms with E-state index in [1.165, 1.54) is 173 Å². The molecule has 0 aliphatic carbocycles. The fourth-order valence-corrected chi connectivity index (χ4v) is 7.78. The Balaban J connectivity index is 4.52. The fraction of sp³-hybridized carbons (Fsp3) is 0.920. The molecule has 6 heteroatoms. The van der Waals surface area contributed by atoms with E-state index in [1.807, 2.05) is 0 Å². The van der Waals surface area contributed by atoms with Crippen molar-refractivity contribution in [3.8, 4) is 0 Å². The molecule has 0 spiro atoms. The minimum absolute atomic E-state index is 0.0632. The van der Waals surface area contributed by atoms with Gasteiger partial charge in [0.1, 0.15) is 6.10 Å². The standard InChI is InChI=1S/C50H97NO5/c1-4-7-10-13-16-19-22-24-25-27-30-33-36-39-42-48(53)47(45-52)51-49(54)44-46(41-38-35-32-29-26-21-18-15-12-9-6-3)56-50(55)43-40-37-34-31-28-23-20-17-14-11-8-5-2/h29,32,46-48,52-53H,4-28,30-31,33-45H2,1-3H3,(H,51,54)/b32-29-. The van der Waals surface area contributed by atoms with Crippen molar-refractivity contribution in [1.29, 1.82) is 0 Å². The highest BCUT2D eigenvalue weighted by Gasteiger charge is 2.24. The summed E-state index contributed by atoms with van der Waals surface area (Å²) in [4.78, 5) is 26.0. The number of esters is 1. The van der Waals surface area contributed by atoms with Gasteiger partial charge in [-0.3, -0.25) is 9.59 Å². The van der Waals surface area contributed by atoms with Crippen molar-refractivity contribution in [2.75, 3.05) is 6.61 Å². The third-order valence-electron chi connectivity index (χ3n) is 11.6.